The minimum atomic E-state index is -4.96. The summed E-state index contributed by atoms with van der Waals surface area (Å²) in [7, 11) is -9.83. The highest BCUT2D eigenvalue weighted by Gasteiger charge is 2.29. The molecule has 0 saturated heterocycles. The van der Waals surface area contributed by atoms with Crippen LogP contribution >= 0.6 is 15.6 Å². The van der Waals surface area contributed by atoms with Gasteiger partial charge in [-0.3, -0.25) is 32.5 Å². The van der Waals surface area contributed by atoms with Gasteiger partial charge in [-0.25, -0.2) is 9.13 Å². The maximum atomic E-state index is 13.0. The first-order chi connectivity index (χ1) is 56.2. The summed E-state index contributed by atoms with van der Waals surface area (Å²) >= 11 is 0. The molecule has 5 atom stereocenters. The fraction of sp³-hybridized carbons (Fsp3) is 0.701. The third-order valence-electron chi connectivity index (χ3n) is 19.2. The second-order valence-electron chi connectivity index (χ2n) is 30.4. The summed E-state index contributed by atoms with van der Waals surface area (Å²) in [6.07, 6.45) is 113. The molecule has 0 aromatic carbocycles. The molecule has 660 valence electrons. The minimum Gasteiger partial charge on any atom is -0.463 e. The second-order valence-corrected chi connectivity index (χ2v) is 33.3. The summed E-state index contributed by atoms with van der Waals surface area (Å²) in [4.78, 5) is 58.9. The molecule has 0 aromatic heterocycles. The molecular weight excluding hydrogens is 1480 g/mol. The third kappa shape index (κ3) is 89.8. The van der Waals surface area contributed by atoms with Gasteiger partial charge in [0.25, 0.3) is 0 Å². The number of rotatable bonds is 86. The highest BCUT2D eigenvalue weighted by atomic mass is 31.2. The molecule has 0 saturated carbocycles. The Hall–Kier alpha value is -4.83. The maximum absolute atomic E-state index is 13.0. The lowest BCUT2D eigenvalue weighted by atomic mass is 10.0. The van der Waals surface area contributed by atoms with Crippen LogP contribution in [0.15, 0.2) is 158 Å². The lowest BCUT2D eigenvalue weighted by Crippen LogP contribution is -2.30. The standard InChI is InChI=1S/C97H166O16P2/c1-4-7-10-13-16-19-22-25-28-31-33-35-37-39-41-43-44-45-46-48-50-51-53-55-57-60-62-65-68-71-74-77-80-83-95(100)107-86-92(98)87-109-114(103,104)110-88-93(99)89-111-115(105,106)112-91-94(113-97(102)85-82-79-76-73-70-67-64-59-30-27-24-21-18-15-12-9-6-3)90-108-96(101)84-81-78-75-72-69-66-63-61-58-56-54-52-49-47-42-40-38-36-34-32-29-26-23-20-17-14-11-8-5-2/h9,12,16-21,25-30,33-36,39-42,64,67,73,76,92-94,98-99H,4-8,10-11,13-15,22-24,31-32,37-38,43-63,65-66,68-72,74-75,77-91H2,1-3H3,(H,103,104)(H,105,106)/b12-9-,19-16-,20-17-,21-18-,28-25-,29-26-,30-27-,35-33-,36-34-,41-39-,42-40-,67-64-,76-73-. The van der Waals surface area contributed by atoms with Gasteiger partial charge in [-0.1, -0.05) is 371 Å². The van der Waals surface area contributed by atoms with Crippen molar-refractivity contribution < 1.29 is 75.8 Å². The van der Waals surface area contributed by atoms with Gasteiger partial charge < -0.3 is 34.2 Å². The first-order valence-corrected chi connectivity index (χ1v) is 48.8. The first kappa shape index (κ1) is 110. The Morgan fingerprint density at radius 1 is 0.252 bits per heavy atom. The molecule has 0 spiro atoms. The van der Waals surface area contributed by atoms with E-state index in [-0.39, 0.29) is 19.3 Å². The second kappa shape index (κ2) is 88.5. The largest absolute Gasteiger partial charge is 0.472 e. The summed E-state index contributed by atoms with van der Waals surface area (Å²) in [5.74, 6) is -1.64. The number of phosphoric ester groups is 2. The van der Waals surface area contributed by atoms with Crippen LogP contribution in [-0.2, 0) is 55.8 Å². The number of esters is 3. The van der Waals surface area contributed by atoms with E-state index in [0.29, 0.717) is 25.7 Å². The van der Waals surface area contributed by atoms with Crippen LogP contribution in [0.25, 0.3) is 0 Å². The first-order valence-electron chi connectivity index (χ1n) is 45.8. The third-order valence-corrected chi connectivity index (χ3v) is 21.1. The fourth-order valence-corrected chi connectivity index (χ4v) is 13.9. The molecule has 0 aromatic rings. The van der Waals surface area contributed by atoms with Crippen molar-refractivity contribution in [3.63, 3.8) is 0 Å². The van der Waals surface area contributed by atoms with Gasteiger partial charge in [0.2, 0.25) is 0 Å². The molecule has 16 nitrogen and oxygen atoms in total. The van der Waals surface area contributed by atoms with Crippen molar-refractivity contribution in [1.29, 1.82) is 0 Å². The van der Waals surface area contributed by atoms with Crippen molar-refractivity contribution in [2.24, 2.45) is 0 Å². The lowest BCUT2D eigenvalue weighted by Gasteiger charge is -2.21. The number of allylic oxidation sites excluding steroid dienone is 26. The van der Waals surface area contributed by atoms with E-state index in [4.69, 9.17) is 32.3 Å². The Labute approximate surface area is 701 Å². The van der Waals surface area contributed by atoms with E-state index < -0.39 is 91.5 Å². The zero-order valence-electron chi connectivity index (χ0n) is 72.7. The molecule has 4 N–H and O–H groups in total. The number of ether oxygens (including phenoxy) is 3. The number of carbonyl (C=O) groups is 3. The van der Waals surface area contributed by atoms with Crippen molar-refractivity contribution in [2.45, 2.75) is 399 Å². The van der Waals surface area contributed by atoms with Gasteiger partial charge in [0, 0.05) is 19.3 Å². The molecular formula is C97H166O16P2. The Bertz CT molecular complexity index is 2720. The number of carbonyl (C=O) groups excluding carboxylic acids is 3. The van der Waals surface area contributed by atoms with Crippen LogP contribution in [0.1, 0.15) is 380 Å². The van der Waals surface area contributed by atoms with Crippen molar-refractivity contribution in [3.8, 4) is 0 Å². The van der Waals surface area contributed by atoms with Gasteiger partial charge >= 0.3 is 33.6 Å². The van der Waals surface area contributed by atoms with Gasteiger partial charge in [0.15, 0.2) is 6.10 Å². The van der Waals surface area contributed by atoms with Gasteiger partial charge in [0.1, 0.15) is 25.4 Å². The van der Waals surface area contributed by atoms with Crippen LogP contribution in [0.3, 0.4) is 0 Å². The molecule has 0 rings (SSSR count). The van der Waals surface area contributed by atoms with Gasteiger partial charge in [-0.05, 0) is 148 Å². The van der Waals surface area contributed by atoms with Crippen LogP contribution in [0.2, 0.25) is 0 Å². The highest BCUT2D eigenvalue weighted by Crippen LogP contribution is 2.45. The average Bonchev–Trinajstić information content (AvgIpc) is 0.893. The molecule has 0 aliphatic rings. The number of hydrogen-bond donors (Lipinski definition) is 4. The molecule has 0 bridgehead atoms. The molecule has 0 fully saturated rings. The lowest BCUT2D eigenvalue weighted by molar-refractivity contribution is -0.161. The molecule has 115 heavy (non-hydrogen) atoms. The SMILES string of the molecule is CC/C=C\C/C=C\C/C=C\C/C=C\C/C=C\CCCC(=O)OC(COC(=O)CCCCCCCCCCCCCCC/C=C\C/C=C\C/C=C\C/C=C\CCCCC)COP(=O)(O)OCC(O)COP(=O)(O)OCC(O)COC(=O)CCCCCCCCCCCCCCCCCCC/C=C\C/C=C\C/C=C\C/C=C\CCCCC. The van der Waals surface area contributed by atoms with Crippen molar-refractivity contribution in [1.82, 2.24) is 0 Å². The van der Waals surface area contributed by atoms with Crippen LogP contribution < -0.4 is 0 Å². The van der Waals surface area contributed by atoms with E-state index in [2.05, 4.69) is 167 Å². The Morgan fingerprint density at radius 2 is 0.470 bits per heavy atom. The Kier molecular flexibility index (Phi) is 84.7. The predicted octanol–water partition coefficient (Wildman–Crippen LogP) is 28.1. The molecule has 0 aliphatic heterocycles. The van der Waals surface area contributed by atoms with Gasteiger partial charge in [-0.2, -0.15) is 0 Å². The topological polar surface area (TPSA) is 231 Å². The minimum absolute atomic E-state index is 0.0229. The zero-order chi connectivity index (χ0) is 83.6. The predicted molar refractivity (Wildman–Crippen MR) is 482 cm³/mol. The molecule has 0 aliphatic carbocycles. The number of unbranched alkanes of at least 4 members (excludes halogenated alkanes) is 37. The molecule has 0 amide bonds. The summed E-state index contributed by atoms with van der Waals surface area (Å²) < 4.78 is 61.3. The molecule has 0 heterocycles. The van der Waals surface area contributed by atoms with Gasteiger partial charge in [-0.15, -0.1) is 0 Å². The molecule has 18 heteroatoms. The van der Waals surface area contributed by atoms with E-state index in [9.17, 15) is 43.5 Å². The molecule has 0 radical (unpaired) electrons. The number of aliphatic hydroxyl groups is 2. The van der Waals surface area contributed by atoms with E-state index in [1.165, 1.54) is 193 Å². The summed E-state index contributed by atoms with van der Waals surface area (Å²) in [5.41, 5.74) is 0. The van der Waals surface area contributed by atoms with E-state index in [1.807, 2.05) is 12.2 Å². The molecule has 5 unspecified atom stereocenters. The quantitative estimate of drug-likeness (QED) is 0.0146. The van der Waals surface area contributed by atoms with Gasteiger partial charge in [0.05, 0.1) is 26.4 Å². The van der Waals surface area contributed by atoms with Crippen LogP contribution in [-0.4, -0.2) is 95.9 Å². The Morgan fingerprint density at radius 3 is 0.757 bits per heavy atom. The van der Waals surface area contributed by atoms with E-state index in [1.54, 1.807) is 0 Å². The monoisotopic (exact) mass is 1650 g/mol. The maximum Gasteiger partial charge on any atom is 0.472 e. The van der Waals surface area contributed by atoms with Crippen LogP contribution in [0.4, 0.5) is 0 Å². The van der Waals surface area contributed by atoms with E-state index >= 15 is 0 Å². The summed E-state index contributed by atoms with van der Waals surface area (Å²) in [5, 5.41) is 20.7. The van der Waals surface area contributed by atoms with Crippen molar-refractivity contribution >= 4 is 33.6 Å². The zero-order valence-corrected chi connectivity index (χ0v) is 74.5. The summed E-state index contributed by atoms with van der Waals surface area (Å²) in [6.45, 7) is 2.48. The van der Waals surface area contributed by atoms with Crippen LogP contribution in [0, 0.1) is 0 Å². The fourth-order valence-electron chi connectivity index (χ4n) is 12.3. The van der Waals surface area contributed by atoms with Crippen molar-refractivity contribution in [3.05, 3.63) is 158 Å². The Balaban J connectivity index is 4.52. The average molecular weight is 1650 g/mol. The highest BCUT2D eigenvalue weighted by molar-refractivity contribution is 7.47. The number of phosphoric acid groups is 2. The van der Waals surface area contributed by atoms with Crippen LogP contribution in [0.5, 0.6) is 0 Å². The van der Waals surface area contributed by atoms with E-state index in [0.717, 1.165) is 122 Å². The summed E-state index contributed by atoms with van der Waals surface area (Å²) in [6, 6.07) is 0. The number of aliphatic hydroxyl groups excluding tert-OH is 2. The number of hydrogen-bond acceptors (Lipinski definition) is 14. The smallest absolute Gasteiger partial charge is 0.463 e. The normalized spacial score (nSPS) is 14.5. The van der Waals surface area contributed by atoms with Crippen molar-refractivity contribution in [2.75, 3.05) is 39.6 Å².